The number of nitrogens with one attached hydrogen (secondary N) is 1. The Morgan fingerprint density at radius 3 is 2.16 bits per heavy atom. The SMILES string of the molecule is CC[C@H]1OC(=O)[C@H](C)[C@@H](O[C@H]2C[C@@](C)(OC)C[C@H](C)O2)[C@H](C)[C@@H](O[C@H]2C[C@@H](NC)C[C@@H](C)O2)[C@](C)(O)C[C@@H](C)CN(C)[C@H](C)[C@@H](O)[C@]1(C)O. The van der Waals surface area contributed by atoms with Crippen LogP contribution in [0.25, 0.3) is 0 Å². The van der Waals surface area contributed by atoms with Gasteiger partial charge in [-0.25, -0.2) is 0 Å². The third-order valence-corrected chi connectivity index (χ3v) is 11.6. The molecule has 49 heavy (non-hydrogen) atoms. The second-order valence-electron chi connectivity index (χ2n) is 16.4. The molecule has 3 heterocycles. The number of nitrogens with zero attached hydrogens (tertiary/aromatic N) is 1. The Kier molecular flexibility index (Phi) is 15.0. The Labute approximate surface area is 295 Å². The summed E-state index contributed by atoms with van der Waals surface area (Å²) in [6.07, 6.45) is -2.17. The highest BCUT2D eigenvalue weighted by Crippen LogP contribution is 2.39. The summed E-state index contributed by atoms with van der Waals surface area (Å²) in [5.74, 6) is -2.05. The van der Waals surface area contributed by atoms with Crippen molar-refractivity contribution in [2.45, 2.75) is 186 Å². The number of carbonyl (C=O) groups is 1. The zero-order chi connectivity index (χ0) is 37.1. The smallest absolute Gasteiger partial charge is 0.311 e. The number of ether oxygens (including phenoxy) is 6. The van der Waals surface area contributed by atoms with Crippen molar-refractivity contribution in [3.63, 3.8) is 0 Å². The highest BCUT2D eigenvalue weighted by molar-refractivity contribution is 5.73. The molecule has 0 aromatic rings. The lowest BCUT2D eigenvalue weighted by Crippen LogP contribution is -2.59. The fourth-order valence-electron chi connectivity index (χ4n) is 8.58. The molecule has 288 valence electrons. The third-order valence-electron chi connectivity index (χ3n) is 11.6. The first kappa shape index (κ1) is 42.5. The lowest BCUT2D eigenvalue weighted by molar-refractivity contribution is -0.290. The number of hydrogen-bond donors (Lipinski definition) is 4. The Bertz CT molecular complexity index is 1050. The maximum atomic E-state index is 14.1. The van der Waals surface area contributed by atoms with Gasteiger partial charge in [0.15, 0.2) is 12.6 Å². The summed E-state index contributed by atoms with van der Waals surface area (Å²) in [5, 5.41) is 38.9. The summed E-state index contributed by atoms with van der Waals surface area (Å²) in [5.41, 5.74) is -3.61. The van der Waals surface area contributed by atoms with Crippen molar-refractivity contribution in [2.24, 2.45) is 17.8 Å². The number of likely N-dealkylation sites (N-methyl/N-ethyl adjacent to an activating group) is 1. The Balaban J connectivity index is 2.12. The number of hydrogen-bond acceptors (Lipinski definition) is 12. The molecule has 3 saturated heterocycles. The van der Waals surface area contributed by atoms with Gasteiger partial charge in [0.05, 0.1) is 41.5 Å². The first-order valence-electron chi connectivity index (χ1n) is 18.6. The normalized spacial score (nSPS) is 48.7. The predicted molar refractivity (Wildman–Crippen MR) is 187 cm³/mol. The number of methoxy groups -OCH3 is 1. The molecule has 12 heteroatoms. The molecule has 3 fully saturated rings. The number of carbonyl (C=O) groups excluding carboxylic acids is 1. The molecule has 0 spiro atoms. The standard InChI is InChI=1S/C37H70N2O10/c1-14-28-37(10,43)32(40)26(7)39(12)20-21(2)17-36(9,42)33(49-29-16-27(38-11)15-22(3)45-29)24(5)31(25(6)34(41)47-28)48-30-19-35(8,44-13)18-23(4)46-30/h21-33,38,40,42-43H,14-20H2,1-13H3/t21-,22-,23+,24+,25-,26-,27+,28-,29+,30+,31+,32-,33-,35+,36-,37-/m1/s1. The van der Waals surface area contributed by atoms with Gasteiger partial charge < -0.3 is 54.0 Å². The molecule has 0 radical (unpaired) electrons. The van der Waals surface area contributed by atoms with E-state index in [-0.39, 0.29) is 30.6 Å². The first-order chi connectivity index (χ1) is 22.7. The van der Waals surface area contributed by atoms with E-state index < -0.39 is 77.6 Å². The number of esters is 1. The maximum Gasteiger partial charge on any atom is 0.311 e. The number of rotatable bonds is 7. The average Bonchev–Trinajstić information content (AvgIpc) is 3.01. The van der Waals surface area contributed by atoms with Gasteiger partial charge in [-0.3, -0.25) is 4.79 Å². The van der Waals surface area contributed by atoms with E-state index in [9.17, 15) is 20.1 Å². The van der Waals surface area contributed by atoms with Crippen molar-refractivity contribution in [2.75, 3.05) is 27.7 Å². The molecule has 3 aliphatic rings. The minimum Gasteiger partial charge on any atom is -0.459 e. The molecule has 16 atom stereocenters. The fraction of sp³-hybridized carbons (Fsp3) is 0.973. The van der Waals surface area contributed by atoms with Crippen LogP contribution in [-0.4, -0.2) is 132 Å². The number of aliphatic hydroxyl groups excluding tert-OH is 1. The van der Waals surface area contributed by atoms with E-state index in [0.29, 0.717) is 32.2 Å². The van der Waals surface area contributed by atoms with E-state index in [1.165, 1.54) is 6.92 Å². The highest BCUT2D eigenvalue weighted by Gasteiger charge is 2.50. The zero-order valence-electron chi connectivity index (χ0n) is 32.6. The Hall–Kier alpha value is -0.930. The van der Waals surface area contributed by atoms with Crippen molar-refractivity contribution >= 4 is 5.97 Å². The second-order valence-corrected chi connectivity index (χ2v) is 16.4. The van der Waals surface area contributed by atoms with Gasteiger partial charge in [0.25, 0.3) is 0 Å². The van der Waals surface area contributed by atoms with Crippen molar-refractivity contribution in [1.29, 1.82) is 0 Å². The van der Waals surface area contributed by atoms with E-state index >= 15 is 0 Å². The lowest BCUT2D eigenvalue weighted by Gasteiger charge is -2.47. The molecule has 0 aliphatic carbocycles. The average molecular weight is 703 g/mol. The van der Waals surface area contributed by atoms with Crippen molar-refractivity contribution in [1.82, 2.24) is 10.2 Å². The third kappa shape index (κ3) is 10.6. The molecule has 0 saturated carbocycles. The van der Waals surface area contributed by atoms with Crippen LogP contribution >= 0.6 is 0 Å². The molecular formula is C37H70N2O10. The van der Waals surface area contributed by atoms with Gasteiger partial charge >= 0.3 is 5.97 Å². The largest absolute Gasteiger partial charge is 0.459 e. The lowest BCUT2D eigenvalue weighted by atomic mass is 9.77. The summed E-state index contributed by atoms with van der Waals surface area (Å²) in [7, 11) is 5.49. The second kappa shape index (κ2) is 17.3. The molecule has 0 bridgehead atoms. The van der Waals surface area contributed by atoms with Gasteiger partial charge in [-0.2, -0.15) is 0 Å². The van der Waals surface area contributed by atoms with Crippen LogP contribution < -0.4 is 5.32 Å². The Morgan fingerprint density at radius 1 is 0.939 bits per heavy atom. The molecule has 3 aliphatic heterocycles. The van der Waals surface area contributed by atoms with E-state index in [4.69, 9.17) is 28.4 Å². The minimum atomic E-state index is -1.73. The molecule has 0 unspecified atom stereocenters. The van der Waals surface area contributed by atoms with Gasteiger partial charge in [0.1, 0.15) is 17.8 Å². The van der Waals surface area contributed by atoms with Crippen LogP contribution in [-0.2, 0) is 33.2 Å². The maximum absolute atomic E-state index is 14.1. The monoisotopic (exact) mass is 703 g/mol. The number of aliphatic hydroxyl groups is 3. The van der Waals surface area contributed by atoms with Gasteiger partial charge in [-0.15, -0.1) is 0 Å². The summed E-state index contributed by atoms with van der Waals surface area (Å²) in [6, 6.07) is -0.295. The summed E-state index contributed by atoms with van der Waals surface area (Å²) < 4.78 is 38.1. The van der Waals surface area contributed by atoms with Gasteiger partial charge in [-0.1, -0.05) is 20.8 Å². The van der Waals surface area contributed by atoms with Crippen LogP contribution in [0.2, 0.25) is 0 Å². The summed E-state index contributed by atoms with van der Waals surface area (Å²) in [4.78, 5) is 16.1. The van der Waals surface area contributed by atoms with Gasteiger partial charge in [0, 0.05) is 50.9 Å². The van der Waals surface area contributed by atoms with Crippen LogP contribution in [0.5, 0.6) is 0 Å². The molecule has 3 rings (SSSR count). The molecule has 0 aromatic heterocycles. The Morgan fingerprint density at radius 2 is 1.57 bits per heavy atom. The van der Waals surface area contributed by atoms with Crippen molar-refractivity contribution in [3.05, 3.63) is 0 Å². The summed E-state index contributed by atoms with van der Waals surface area (Å²) >= 11 is 0. The van der Waals surface area contributed by atoms with Crippen LogP contribution in [0.15, 0.2) is 0 Å². The van der Waals surface area contributed by atoms with Gasteiger partial charge in [-0.05, 0) is 87.7 Å². The number of cyclic esters (lactones) is 1. The van der Waals surface area contributed by atoms with E-state index in [1.54, 1.807) is 21.0 Å². The van der Waals surface area contributed by atoms with Crippen LogP contribution in [0.1, 0.15) is 108 Å². The molecule has 0 aromatic carbocycles. The predicted octanol–water partition coefficient (Wildman–Crippen LogP) is 3.62. The van der Waals surface area contributed by atoms with Crippen molar-refractivity contribution < 1.29 is 48.5 Å². The zero-order valence-corrected chi connectivity index (χ0v) is 32.6. The molecule has 12 nitrogen and oxygen atoms in total. The molecular weight excluding hydrogens is 632 g/mol. The van der Waals surface area contributed by atoms with E-state index in [1.807, 2.05) is 60.5 Å². The molecule has 4 N–H and O–H groups in total. The van der Waals surface area contributed by atoms with Crippen LogP contribution in [0.3, 0.4) is 0 Å². The molecule has 0 amide bonds. The fourth-order valence-corrected chi connectivity index (χ4v) is 8.58. The summed E-state index contributed by atoms with van der Waals surface area (Å²) in [6.45, 7) is 19.2. The highest BCUT2D eigenvalue weighted by atomic mass is 16.7. The quantitative estimate of drug-likeness (QED) is 0.287. The van der Waals surface area contributed by atoms with Crippen LogP contribution in [0, 0.1) is 17.8 Å². The van der Waals surface area contributed by atoms with E-state index in [0.717, 1.165) is 6.42 Å². The van der Waals surface area contributed by atoms with Crippen LogP contribution in [0.4, 0.5) is 0 Å². The minimum absolute atomic E-state index is 0.0409. The van der Waals surface area contributed by atoms with Crippen molar-refractivity contribution in [3.8, 4) is 0 Å². The van der Waals surface area contributed by atoms with Gasteiger partial charge in [0.2, 0.25) is 0 Å². The van der Waals surface area contributed by atoms with E-state index in [2.05, 4.69) is 12.2 Å². The topological polar surface area (TPSA) is 148 Å². The first-order valence-corrected chi connectivity index (χ1v) is 18.6.